The second-order valence-electron chi connectivity index (χ2n) is 3.91. The molecule has 10 nitrogen and oxygen atoms in total. The first-order chi connectivity index (χ1) is 9.20. The number of carbonyl (C=O) groups excluding carboxylic acids is 4. The van der Waals surface area contributed by atoms with Crippen molar-refractivity contribution < 1.29 is 162 Å². The Hall–Kier alpha value is 1.70. The van der Waals surface area contributed by atoms with Crippen molar-refractivity contribution >= 4 is 23.9 Å². The van der Waals surface area contributed by atoms with Gasteiger partial charge in [0.1, 0.15) is 0 Å². The molecule has 0 aromatic carbocycles. The minimum absolute atomic E-state index is 0. The van der Waals surface area contributed by atoms with E-state index in [1.54, 1.807) is 0 Å². The van der Waals surface area contributed by atoms with Gasteiger partial charge in [-0.3, -0.25) is 9.80 Å². The van der Waals surface area contributed by atoms with Gasteiger partial charge in [-0.25, -0.2) is 0 Å². The first-order valence-electron chi connectivity index (χ1n) is 5.44. The number of aliphatic carboxylic acids is 4. The minimum atomic E-state index is -1.53. The van der Waals surface area contributed by atoms with Crippen LogP contribution in [-0.4, -0.2) is 72.9 Å². The number of rotatable bonds is 11. The maximum atomic E-state index is 10.4. The van der Waals surface area contributed by atoms with Crippen molar-refractivity contribution in [1.82, 2.24) is 9.80 Å². The largest absolute Gasteiger partial charge is 2.00 e. The SMILES string of the molecule is O=C([O-])CN(CCN(CC(=O)[O-])CC(=O)[O-])CC(=O)[O-].[K+].[K+].[Zn+2]. The maximum Gasteiger partial charge on any atom is 2.00 e. The van der Waals surface area contributed by atoms with Gasteiger partial charge in [0.05, 0.1) is 23.9 Å². The number of carbonyl (C=O) groups is 4. The zero-order chi connectivity index (χ0) is 15.7. The molecule has 114 valence electrons. The molecule has 0 atom stereocenters. The Bertz CT molecular complexity index is 331. The van der Waals surface area contributed by atoms with Gasteiger partial charge in [-0.15, -0.1) is 0 Å². The molecule has 0 saturated carbocycles. The van der Waals surface area contributed by atoms with Crippen molar-refractivity contribution in [2.75, 3.05) is 39.3 Å². The summed E-state index contributed by atoms with van der Waals surface area (Å²) in [6.45, 7) is -3.25. The number of nitrogens with zero attached hydrogens (tertiary/aromatic N) is 2. The molecule has 0 aliphatic carbocycles. The van der Waals surface area contributed by atoms with Gasteiger partial charge >= 0.3 is 122 Å². The summed E-state index contributed by atoms with van der Waals surface area (Å²) in [6.07, 6.45) is 0. The quantitative estimate of drug-likeness (QED) is 0.286. The van der Waals surface area contributed by atoms with Crippen LogP contribution in [0.15, 0.2) is 0 Å². The van der Waals surface area contributed by atoms with Gasteiger partial charge in [-0.05, 0) is 0 Å². The Morgan fingerprint density at radius 3 is 0.870 bits per heavy atom. The third-order valence-electron chi connectivity index (χ3n) is 2.14. The molecule has 0 aromatic heterocycles. The zero-order valence-electron chi connectivity index (χ0n) is 13.1. The average molecular weight is 432 g/mol. The Morgan fingerprint density at radius 2 is 0.739 bits per heavy atom. The minimum Gasteiger partial charge on any atom is -0.549 e. The third-order valence-corrected chi connectivity index (χ3v) is 2.14. The van der Waals surface area contributed by atoms with E-state index in [0.29, 0.717) is 0 Å². The fourth-order valence-electron chi connectivity index (χ4n) is 1.44. The predicted octanol–water partition coefficient (Wildman–Crippen LogP) is -13.4. The van der Waals surface area contributed by atoms with E-state index < -0.39 is 50.1 Å². The van der Waals surface area contributed by atoms with Crippen LogP contribution in [0.2, 0.25) is 0 Å². The molecular formula is C10H12K2N2O8Zn. The number of hydrogen-bond donors (Lipinski definition) is 0. The van der Waals surface area contributed by atoms with Gasteiger partial charge in [-0.2, -0.15) is 0 Å². The Kier molecular flexibility index (Phi) is 26.0. The van der Waals surface area contributed by atoms with E-state index in [2.05, 4.69) is 0 Å². The fraction of sp³-hybridized carbons (Fsp3) is 0.600. The van der Waals surface area contributed by atoms with Crippen LogP contribution < -0.4 is 123 Å². The van der Waals surface area contributed by atoms with Gasteiger partial charge in [0.25, 0.3) is 0 Å². The molecule has 13 heteroatoms. The van der Waals surface area contributed by atoms with E-state index >= 15 is 0 Å². The number of hydrogen-bond acceptors (Lipinski definition) is 10. The van der Waals surface area contributed by atoms with Crippen LogP contribution in [0.4, 0.5) is 0 Å². The molecule has 0 N–H and O–H groups in total. The van der Waals surface area contributed by atoms with E-state index in [1.807, 2.05) is 0 Å². The van der Waals surface area contributed by atoms with Crippen molar-refractivity contribution in [1.29, 1.82) is 0 Å². The Morgan fingerprint density at radius 1 is 0.565 bits per heavy atom. The predicted molar refractivity (Wildman–Crippen MR) is 52.9 cm³/mol. The van der Waals surface area contributed by atoms with Crippen LogP contribution in [0.1, 0.15) is 0 Å². The smallest absolute Gasteiger partial charge is 0.549 e. The first kappa shape index (κ1) is 32.4. The van der Waals surface area contributed by atoms with Crippen LogP contribution in [-0.2, 0) is 38.7 Å². The van der Waals surface area contributed by atoms with Gasteiger partial charge in [0.15, 0.2) is 0 Å². The molecule has 0 fully saturated rings. The van der Waals surface area contributed by atoms with Crippen LogP contribution >= 0.6 is 0 Å². The monoisotopic (exact) mass is 430 g/mol. The zero-order valence-corrected chi connectivity index (χ0v) is 22.3. The summed E-state index contributed by atoms with van der Waals surface area (Å²) < 4.78 is 0. The molecule has 0 amide bonds. The van der Waals surface area contributed by atoms with E-state index in [1.165, 1.54) is 0 Å². The van der Waals surface area contributed by atoms with E-state index in [9.17, 15) is 39.6 Å². The van der Waals surface area contributed by atoms with Gasteiger partial charge in [0.2, 0.25) is 0 Å². The summed E-state index contributed by atoms with van der Waals surface area (Å²) in [5.41, 5.74) is 0. The molecule has 23 heavy (non-hydrogen) atoms. The van der Waals surface area contributed by atoms with Crippen molar-refractivity contribution in [3.63, 3.8) is 0 Å². The Labute approximate surface area is 230 Å². The van der Waals surface area contributed by atoms with Crippen LogP contribution in [0.3, 0.4) is 0 Å². The van der Waals surface area contributed by atoms with Gasteiger partial charge < -0.3 is 39.6 Å². The molecule has 0 aromatic rings. The molecule has 0 rings (SSSR count). The fourth-order valence-corrected chi connectivity index (χ4v) is 1.44. The second kappa shape index (κ2) is 18.5. The average Bonchev–Trinajstić information content (AvgIpc) is 2.22. The van der Waals surface area contributed by atoms with E-state index in [-0.39, 0.29) is 135 Å². The second-order valence-corrected chi connectivity index (χ2v) is 3.91. The summed E-state index contributed by atoms with van der Waals surface area (Å²) in [7, 11) is 0. The van der Waals surface area contributed by atoms with Gasteiger partial charge in [-0.1, -0.05) is 0 Å². The molecule has 0 aliphatic heterocycles. The van der Waals surface area contributed by atoms with Crippen molar-refractivity contribution in [3.05, 3.63) is 0 Å². The van der Waals surface area contributed by atoms with Crippen LogP contribution in [0.5, 0.6) is 0 Å². The number of carboxylic acids is 4. The summed E-state index contributed by atoms with van der Waals surface area (Å²) in [6, 6.07) is 0. The molecule has 0 aliphatic rings. The molecule has 0 radical (unpaired) electrons. The normalized spacial score (nSPS) is 9.30. The van der Waals surface area contributed by atoms with E-state index in [4.69, 9.17) is 0 Å². The molecule has 0 unspecified atom stereocenters. The van der Waals surface area contributed by atoms with Crippen molar-refractivity contribution in [2.24, 2.45) is 0 Å². The topological polar surface area (TPSA) is 167 Å². The maximum absolute atomic E-state index is 10.4. The molecular weight excluding hydrogens is 420 g/mol. The number of carboxylic acid groups (broad SMARTS) is 4. The summed E-state index contributed by atoms with van der Waals surface area (Å²) in [5.74, 6) is -6.12. The van der Waals surface area contributed by atoms with Crippen LogP contribution in [0, 0.1) is 0 Å². The van der Waals surface area contributed by atoms with Crippen molar-refractivity contribution in [3.8, 4) is 0 Å². The Balaban J connectivity index is -0.000000602. The van der Waals surface area contributed by atoms with Crippen molar-refractivity contribution in [2.45, 2.75) is 0 Å². The standard InChI is InChI=1S/C10H16N2O8.2K.Zn/c13-7(14)3-11(4-8(15)16)1-2-12(5-9(17)18)6-10(19)20;;;/h1-6H2,(H,13,14)(H,15,16)(H,17,18)(H,19,20);;;/q;2*+1;+2/p-4. The molecule has 0 spiro atoms. The summed E-state index contributed by atoms with van der Waals surface area (Å²) in [4.78, 5) is 43.4. The first-order valence-corrected chi connectivity index (χ1v) is 5.44. The van der Waals surface area contributed by atoms with E-state index in [0.717, 1.165) is 9.80 Å². The summed E-state index contributed by atoms with van der Waals surface area (Å²) >= 11 is 0. The summed E-state index contributed by atoms with van der Waals surface area (Å²) in [5, 5.41) is 41.6. The molecule has 0 heterocycles. The molecule has 0 saturated heterocycles. The van der Waals surface area contributed by atoms with Crippen LogP contribution in [0.25, 0.3) is 0 Å². The third kappa shape index (κ3) is 21.7. The van der Waals surface area contributed by atoms with Gasteiger partial charge in [0, 0.05) is 39.3 Å². The molecule has 0 bridgehead atoms.